The Labute approximate surface area is 114 Å². The first kappa shape index (κ1) is 14.3. The number of benzene rings is 1. The Morgan fingerprint density at radius 1 is 1.47 bits per heavy atom. The smallest absolute Gasteiger partial charge is 0.165 e. The molecule has 0 aromatic heterocycles. The summed E-state index contributed by atoms with van der Waals surface area (Å²) in [6.07, 6.45) is 3.57. The Bertz CT molecular complexity index is 409. The Kier molecular flexibility index (Phi) is 5.16. The van der Waals surface area contributed by atoms with Gasteiger partial charge in [0.05, 0.1) is 7.11 Å². The molecule has 2 N–H and O–H groups in total. The van der Waals surface area contributed by atoms with Crippen molar-refractivity contribution in [3.63, 3.8) is 0 Å². The highest BCUT2D eigenvalue weighted by Gasteiger charge is 2.19. The van der Waals surface area contributed by atoms with Crippen molar-refractivity contribution in [1.82, 2.24) is 4.90 Å². The van der Waals surface area contributed by atoms with Crippen molar-refractivity contribution in [2.24, 2.45) is 11.7 Å². The van der Waals surface area contributed by atoms with Gasteiger partial charge in [-0.2, -0.15) is 0 Å². The van der Waals surface area contributed by atoms with Crippen LogP contribution in [-0.4, -0.2) is 31.6 Å². The van der Waals surface area contributed by atoms with E-state index in [1.54, 1.807) is 12.1 Å². The molecule has 2 rings (SSSR count). The highest BCUT2D eigenvalue weighted by molar-refractivity contribution is 5.29. The van der Waals surface area contributed by atoms with E-state index >= 15 is 0 Å². The minimum atomic E-state index is -0.282. The van der Waals surface area contributed by atoms with Crippen LogP contribution in [0.5, 0.6) is 5.75 Å². The van der Waals surface area contributed by atoms with Gasteiger partial charge >= 0.3 is 0 Å². The van der Waals surface area contributed by atoms with Crippen molar-refractivity contribution in [2.75, 3.05) is 26.7 Å². The predicted octanol–water partition coefficient (Wildman–Crippen LogP) is 2.40. The minimum absolute atomic E-state index is 0.282. The highest BCUT2D eigenvalue weighted by Crippen LogP contribution is 2.23. The summed E-state index contributed by atoms with van der Waals surface area (Å²) >= 11 is 0. The van der Waals surface area contributed by atoms with Gasteiger partial charge in [-0.15, -0.1) is 0 Å². The summed E-state index contributed by atoms with van der Waals surface area (Å²) in [5.41, 5.74) is 6.63. The van der Waals surface area contributed by atoms with Crippen molar-refractivity contribution in [3.05, 3.63) is 29.6 Å². The van der Waals surface area contributed by atoms with Crippen LogP contribution in [0.3, 0.4) is 0 Å². The molecule has 1 fully saturated rings. The first-order valence-corrected chi connectivity index (χ1v) is 6.97. The Balaban J connectivity index is 1.94. The van der Waals surface area contributed by atoms with Gasteiger partial charge in [0.1, 0.15) is 0 Å². The normalized spacial score (nSPS) is 20.5. The maximum absolute atomic E-state index is 13.6. The molecule has 0 saturated carbocycles. The van der Waals surface area contributed by atoms with Gasteiger partial charge in [0, 0.05) is 13.1 Å². The lowest BCUT2D eigenvalue weighted by Gasteiger charge is -2.32. The first-order valence-electron chi connectivity index (χ1n) is 6.97. The molecule has 0 radical (unpaired) electrons. The molecule has 1 aromatic rings. The Morgan fingerprint density at radius 2 is 2.32 bits per heavy atom. The average molecular weight is 266 g/mol. The quantitative estimate of drug-likeness (QED) is 0.889. The first-order chi connectivity index (χ1) is 9.22. The SMILES string of the molecule is COc1ccc(CN2CCCC(CCN)C2)cc1F. The molecule has 19 heavy (non-hydrogen) atoms. The fourth-order valence-corrected chi connectivity index (χ4v) is 2.83. The lowest BCUT2D eigenvalue weighted by Crippen LogP contribution is -2.35. The van der Waals surface area contributed by atoms with Gasteiger partial charge in [0.25, 0.3) is 0 Å². The van der Waals surface area contributed by atoms with Gasteiger partial charge < -0.3 is 10.5 Å². The van der Waals surface area contributed by atoms with Crippen LogP contribution in [0.25, 0.3) is 0 Å². The number of ether oxygens (including phenoxy) is 1. The second kappa shape index (κ2) is 6.87. The molecule has 1 aromatic carbocycles. The van der Waals surface area contributed by atoms with E-state index in [-0.39, 0.29) is 5.82 Å². The van der Waals surface area contributed by atoms with Crippen molar-refractivity contribution in [1.29, 1.82) is 0 Å². The van der Waals surface area contributed by atoms with Crippen LogP contribution in [0.1, 0.15) is 24.8 Å². The summed E-state index contributed by atoms with van der Waals surface area (Å²) < 4.78 is 18.6. The molecule has 0 amide bonds. The summed E-state index contributed by atoms with van der Waals surface area (Å²) in [7, 11) is 1.49. The molecule has 1 aliphatic heterocycles. The lowest BCUT2D eigenvalue weighted by molar-refractivity contribution is 0.163. The molecule has 4 heteroatoms. The second-order valence-electron chi connectivity index (χ2n) is 5.29. The summed E-state index contributed by atoms with van der Waals surface area (Å²) in [6.45, 7) is 3.73. The number of nitrogens with zero attached hydrogens (tertiary/aromatic N) is 1. The lowest BCUT2D eigenvalue weighted by atomic mass is 9.94. The number of nitrogens with two attached hydrogens (primary N) is 1. The van der Waals surface area contributed by atoms with Crippen molar-refractivity contribution < 1.29 is 9.13 Å². The maximum atomic E-state index is 13.6. The van der Waals surface area contributed by atoms with Crippen LogP contribution < -0.4 is 10.5 Å². The zero-order valence-corrected chi connectivity index (χ0v) is 11.6. The predicted molar refractivity (Wildman–Crippen MR) is 74.6 cm³/mol. The minimum Gasteiger partial charge on any atom is -0.494 e. The third-order valence-corrected chi connectivity index (χ3v) is 3.80. The Hall–Kier alpha value is -1.13. The maximum Gasteiger partial charge on any atom is 0.165 e. The summed E-state index contributed by atoms with van der Waals surface area (Å²) in [5.74, 6) is 0.723. The molecule has 0 spiro atoms. The van der Waals surface area contributed by atoms with Gasteiger partial charge in [-0.05, 0) is 56.0 Å². The van der Waals surface area contributed by atoms with Crippen molar-refractivity contribution in [2.45, 2.75) is 25.8 Å². The number of likely N-dealkylation sites (tertiary alicyclic amines) is 1. The van der Waals surface area contributed by atoms with Crippen LogP contribution in [0.4, 0.5) is 4.39 Å². The van der Waals surface area contributed by atoms with E-state index in [2.05, 4.69) is 4.90 Å². The standard InChI is InChI=1S/C15H23FN2O/c1-19-15-5-4-13(9-14(15)16)11-18-8-2-3-12(10-18)6-7-17/h4-5,9,12H,2-3,6-8,10-11,17H2,1H3. The zero-order valence-electron chi connectivity index (χ0n) is 11.6. The topological polar surface area (TPSA) is 38.5 Å². The van der Waals surface area contributed by atoms with E-state index in [4.69, 9.17) is 10.5 Å². The van der Waals surface area contributed by atoms with Crippen LogP contribution in [0.2, 0.25) is 0 Å². The van der Waals surface area contributed by atoms with E-state index in [0.717, 1.165) is 38.2 Å². The van der Waals surface area contributed by atoms with Gasteiger partial charge in [-0.3, -0.25) is 4.90 Å². The van der Waals surface area contributed by atoms with Gasteiger partial charge in [0.2, 0.25) is 0 Å². The van der Waals surface area contributed by atoms with E-state index < -0.39 is 0 Å². The molecular weight excluding hydrogens is 243 g/mol. The molecule has 0 bridgehead atoms. The third kappa shape index (κ3) is 3.91. The van der Waals surface area contributed by atoms with Crippen LogP contribution >= 0.6 is 0 Å². The van der Waals surface area contributed by atoms with Gasteiger partial charge in [-0.1, -0.05) is 6.07 Å². The molecule has 1 atom stereocenters. The fourth-order valence-electron chi connectivity index (χ4n) is 2.83. The van der Waals surface area contributed by atoms with Crippen molar-refractivity contribution >= 4 is 0 Å². The largest absolute Gasteiger partial charge is 0.494 e. The van der Waals surface area contributed by atoms with E-state index in [9.17, 15) is 4.39 Å². The molecule has 1 unspecified atom stereocenters. The zero-order chi connectivity index (χ0) is 13.7. The number of halogens is 1. The molecular formula is C15H23FN2O. The van der Waals surface area contributed by atoms with E-state index in [1.807, 2.05) is 6.07 Å². The Morgan fingerprint density at radius 3 is 3.00 bits per heavy atom. The summed E-state index contributed by atoms with van der Waals surface area (Å²) in [6, 6.07) is 5.21. The van der Waals surface area contributed by atoms with E-state index in [1.165, 1.54) is 20.0 Å². The number of piperidine rings is 1. The molecule has 1 heterocycles. The highest BCUT2D eigenvalue weighted by atomic mass is 19.1. The summed E-state index contributed by atoms with van der Waals surface area (Å²) in [5, 5.41) is 0. The molecule has 0 aliphatic carbocycles. The molecule has 1 saturated heterocycles. The van der Waals surface area contributed by atoms with Gasteiger partial charge in [0.15, 0.2) is 11.6 Å². The number of rotatable bonds is 5. The van der Waals surface area contributed by atoms with Gasteiger partial charge in [-0.25, -0.2) is 4.39 Å². The molecule has 106 valence electrons. The molecule has 1 aliphatic rings. The van der Waals surface area contributed by atoms with Crippen LogP contribution in [0.15, 0.2) is 18.2 Å². The van der Waals surface area contributed by atoms with Crippen LogP contribution in [-0.2, 0) is 6.54 Å². The third-order valence-electron chi connectivity index (χ3n) is 3.80. The monoisotopic (exact) mass is 266 g/mol. The number of hydrogen-bond acceptors (Lipinski definition) is 3. The number of methoxy groups -OCH3 is 1. The second-order valence-corrected chi connectivity index (χ2v) is 5.29. The van der Waals surface area contributed by atoms with Crippen molar-refractivity contribution in [3.8, 4) is 5.75 Å². The summed E-state index contributed by atoms with van der Waals surface area (Å²) in [4.78, 5) is 2.39. The van der Waals surface area contributed by atoms with Crippen LogP contribution in [0, 0.1) is 11.7 Å². The number of hydrogen-bond donors (Lipinski definition) is 1. The molecule has 3 nitrogen and oxygen atoms in total. The van der Waals surface area contributed by atoms with E-state index in [0.29, 0.717) is 11.7 Å². The fraction of sp³-hybridized carbons (Fsp3) is 0.600. The average Bonchev–Trinajstić information content (AvgIpc) is 2.40.